The highest BCUT2D eigenvalue weighted by Crippen LogP contribution is 2.29. The molecule has 8 nitrogen and oxygen atoms in total. The lowest BCUT2D eigenvalue weighted by molar-refractivity contribution is -0.384. The smallest absolute Gasteiger partial charge is 0.271 e. The third-order valence-electron chi connectivity index (χ3n) is 4.01. The van der Waals surface area contributed by atoms with E-state index in [1.165, 1.54) is 11.3 Å². The number of aromatic nitrogens is 2. The van der Waals surface area contributed by atoms with Crippen LogP contribution in [0.2, 0.25) is 0 Å². The summed E-state index contributed by atoms with van der Waals surface area (Å²) in [7, 11) is 0. The number of non-ortho nitro benzene ring substituents is 1. The molecule has 1 aromatic heterocycles. The molecule has 0 fully saturated rings. The highest BCUT2D eigenvalue weighted by Gasteiger charge is 2.14. The van der Waals surface area contributed by atoms with Crippen LogP contribution >= 0.6 is 23.1 Å². The topological polar surface area (TPSA) is 110 Å². The molecule has 0 radical (unpaired) electrons. The predicted molar refractivity (Wildman–Crippen MR) is 112 cm³/mol. The van der Waals surface area contributed by atoms with E-state index in [4.69, 9.17) is 0 Å². The normalized spacial score (nSPS) is 10.6. The highest BCUT2D eigenvalue weighted by molar-refractivity contribution is 8.01. The number of nitro benzene ring substituents is 1. The Morgan fingerprint density at radius 3 is 2.79 bits per heavy atom. The zero-order valence-corrected chi connectivity index (χ0v) is 17.1. The van der Waals surface area contributed by atoms with Crippen LogP contribution in [0.3, 0.4) is 0 Å². The number of nitro groups is 1. The third-order valence-corrected chi connectivity index (χ3v) is 5.99. The van der Waals surface area contributed by atoms with Gasteiger partial charge in [-0.25, -0.2) is 4.39 Å². The van der Waals surface area contributed by atoms with Crippen molar-refractivity contribution in [2.75, 3.05) is 16.4 Å². The summed E-state index contributed by atoms with van der Waals surface area (Å²) < 4.78 is 14.3. The number of nitrogens with zero attached hydrogens (tertiary/aromatic N) is 3. The van der Waals surface area contributed by atoms with E-state index in [9.17, 15) is 19.3 Å². The number of thioether (sulfide) groups is 1. The summed E-state index contributed by atoms with van der Waals surface area (Å²) in [5.74, 6) is -1.29. The Bertz CT molecular complexity index is 1070. The molecule has 0 aliphatic rings. The van der Waals surface area contributed by atoms with Gasteiger partial charge in [0.25, 0.3) is 5.69 Å². The number of benzene rings is 2. The molecular weight excluding hydrogens is 417 g/mol. The maximum atomic E-state index is 13.8. The Kier molecular flexibility index (Phi) is 6.39. The van der Waals surface area contributed by atoms with Crippen molar-refractivity contribution < 1.29 is 14.1 Å². The predicted octanol–water partition coefficient (Wildman–Crippen LogP) is 4.68. The number of aryl methyl sites for hydroxylation is 1. The molecule has 2 N–H and O–H groups in total. The van der Waals surface area contributed by atoms with Crippen molar-refractivity contribution in [2.45, 2.75) is 18.2 Å². The summed E-state index contributed by atoms with van der Waals surface area (Å²) in [5, 5.41) is 25.0. The Hall–Kier alpha value is -3.05. The van der Waals surface area contributed by atoms with Gasteiger partial charge in [-0.15, -0.1) is 10.2 Å². The number of hydrogen-bond acceptors (Lipinski definition) is 8. The molecule has 0 bridgehead atoms. The van der Waals surface area contributed by atoms with Gasteiger partial charge in [0, 0.05) is 17.8 Å². The minimum absolute atomic E-state index is 0.0414. The quantitative estimate of drug-likeness (QED) is 0.316. The first-order valence-corrected chi connectivity index (χ1v) is 10.2. The first-order valence-electron chi connectivity index (χ1n) is 8.37. The molecule has 29 heavy (non-hydrogen) atoms. The molecule has 1 heterocycles. The van der Waals surface area contributed by atoms with Crippen molar-refractivity contribution in [3.63, 3.8) is 0 Å². The number of hydrogen-bond donors (Lipinski definition) is 2. The summed E-state index contributed by atoms with van der Waals surface area (Å²) in [6.45, 7) is 4.02. The van der Waals surface area contributed by atoms with Gasteiger partial charge in [0.2, 0.25) is 11.0 Å². The standard InChI is InChI=1S/C18H16FN5O3S2/c1-10-4-3-5-14(11(10)2)21-17-22-23-18(29-17)28-9-16(25)20-15-8-12(24(26)27)6-7-13(15)19/h3-8H,9H2,1-2H3,(H,20,25)(H,21,22). The van der Waals surface area contributed by atoms with Crippen molar-refractivity contribution in [1.29, 1.82) is 0 Å². The van der Waals surface area contributed by atoms with E-state index in [0.717, 1.165) is 46.8 Å². The molecular formula is C18H16FN5O3S2. The van der Waals surface area contributed by atoms with E-state index in [1.54, 1.807) is 0 Å². The second kappa shape index (κ2) is 8.97. The molecule has 3 aromatic rings. The molecule has 3 rings (SSSR count). The highest BCUT2D eigenvalue weighted by atomic mass is 32.2. The van der Waals surface area contributed by atoms with Crippen LogP contribution in [0.25, 0.3) is 0 Å². The number of rotatable bonds is 7. The van der Waals surface area contributed by atoms with E-state index in [1.807, 2.05) is 32.0 Å². The molecule has 0 saturated heterocycles. The van der Waals surface area contributed by atoms with Crippen molar-refractivity contribution in [2.24, 2.45) is 0 Å². The lowest BCUT2D eigenvalue weighted by Crippen LogP contribution is -2.15. The van der Waals surface area contributed by atoms with Gasteiger partial charge in [-0.3, -0.25) is 14.9 Å². The van der Waals surface area contributed by atoms with E-state index < -0.39 is 16.6 Å². The number of nitrogens with one attached hydrogen (secondary N) is 2. The number of amides is 1. The number of carbonyl (C=O) groups excluding carboxylic acids is 1. The molecule has 0 atom stereocenters. The molecule has 2 aromatic carbocycles. The van der Waals surface area contributed by atoms with Crippen LogP contribution in [0.5, 0.6) is 0 Å². The van der Waals surface area contributed by atoms with Gasteiger partial charge < -0.3 is 10.6 Å². The van der Waals surface area contributed by atoms with Crippen molar-refractivity contribution in [3.05, 3.63) is 63.5 Å². The summed E-state index contributed by atoms with van der Waals surface area (Å²) >= 11 is 2.43. The molecule has 0 aliphatic carbocycles. The molecule has 1 amide bonds. The second-order valence-corrected chi connectivity index (χ2v) is 8.20. The van der Waals surface area contributed by atoms with Gasteiger partial charge in [0.1, 0.15) is 5.82 Å². The first kappa shape index (κ1) is 20.7. The Morgan fingerprint density at radius 2 is 2.03 bits per heavy atom. The van der Waals surface area contributed by atoms with Crippen LogP contribution in [0.15, 0.2) is 40.7 Å². The number of halogens is 1. The Balaban J connectivity index is 1.58. The zero-order chi connectivity index (χ0) is 21.0. The zero-order valence-electron chi connectivity index (χ0n) is 15.4. The molecule has 0 unspecified atom stereocenters. The van der Waals surface area contributed by atoms with Crippen molar-refractivity contribution in [1.82, 2.24) is 10.2 Å². The van der Waals surface area contributed by atoms with Crippen LogP contribution in [-0.4, -0.2) is 26.8 Å². The van der Waals surface area contributed by atoms with E-state index >= 15 is 0 Å². The second-order valence-electron chi connectivity index (χ2n) is 6.00. The van der Waals surface area contributed by atoms with Gasteiger partial charge in [0.15, 0.2) is 4.34 Å². The Labute approximate surface area is 173 Å². The third kappa shape index (κ3) is 5.27. The minimum Gasteiger partial charge on any atom is -0.330 e. The van der Waals surface area contributed by atoms with E-state index in [0.29, 0.717) is 9.47 Å². The van der Waals surface area contributed by atoms with Crippen molar-refractivity contribution in [3.8, 4) is 0 Å². The molecule has 0 spiro atoms. The van der Waals surface area contributed by atoms with Gasteiger partial charge in [-0.2, -0.15) is 0 Å². The van der Waals surface area contributed by atoms with Crippen LogP contribution in [0, 0.1) is 29.8 Å². The van der Waals surface area contributed by atoms with Gasteiger partial charge in [-0.05, 0) is 37.1 Å². The van der Waals surface area contributed by atoms with Crippen LogP contribution in [-0.2, 0) is 4.79 Å². The van der Waals surface area contributed by atoms with Gasteiger partial charge in [-0.1, -0.05) is 35.2 Å². The van der Waals surface area contributed by atoms with Crippen LogP contribution < -0.4 is 10.6 Å². The first-order chi connectivity index (χ1) is 13.8. The lowest BCUT2D eigenvalue weighted by Gasteiger charge is -2.08. The fourth-order valence-electron chi connectivity index (χ4n) is 2.36. The number of carbonyl (C=O) groups is 1. The van der Waals surface area contributed by atoms with Gasteiger partial charge >= 0.3 is 0 Å². The number of anilines is 3. The molecule has 150 valence electrons. The largest absolute Gasteiger partial charge is 0.330 e. The lowest BCUT2D eigenvalue weighted by atomic mass is 10.1. The monoisotopic (exact) mass is 433 g/mol. The van der Waals surface area contributed by atoms with Crippen molar-refractivity contribution >= 4 is 51.2 Å². The summed E-state index contributed by atoms with van der Waals surface area (Å²) in [4.78, 5) is 22.2. The molecule has 0 aliphatic heterocycles. The van der Waals surface area contributed by atoms with Crippen LogP contribution in [0.4, 0.5) is 26.6 Å². The average molecular weight is 433 g/mol. The van der Waals surface area contributed by atoms with Gasteiger partial charge in [0.05, 0.1) is 16.4 Å². The van der Waals surface area contributed by atoms with E-state index in [2.05, 4.69) is 20.8 Å². The molecule has 11 heteroatoms. The maximum absolute atomic E-state index is 13.8. The fourth-order valence-corrected chi connectivity index (χ4v) is 3.92. The van der Waals surface area contributed by atoms with Crippen LogP contribution in [0.1, 0.15) is 11.1 Å². The summed E-state index contributed by atoms with van der Waals surface area (Å²) in [6, 6.07) is 8.86. The summed E-state index contributed by atoms with van der Waals surface area (Å²) in [6.07, 6.45) is 0. The minimum atomic E-state index is -0.745. The maximum Gasteiger partial charge on any atom is 0.271 e. The SMILES string of the molecule is Cc1cccc(Nc2nnc(SCC(=O)Nc3cc([N+](=O)[O-])ccc3F)s2)c1C. The fraction of sp³-hybridized carbons (Fsp3) is 0.167. The summed E-state index contributed by atoms with van der Waals surface area (Å²) in [5.41, 5.74) is 2.64. The average Bonchev–Trinajstić information content (AvgIpc) is 3.13. The molecule has 0 saturated carbocycles. The van der Waals surface area contributed by atoms with E-state index in [-0.39, 0.29) is 17.1 Å². The Morgan fingerprint density at radius 1 is 1.24 bits per heavy atom.